The molecule has 122 valence electrons. The SMILES string of the molecule is Cc1cnn(CCN[C@H](C(=O)NC2CC2)c2ccc(F)cc2)c1. The smallest absolute Gasteiger partial charge is 0.241 e. The zero-order valence-electron chi connectivity index (χ0n) is 13.1. The molecule has 0 saturated heterocycles. The number of aryl methyl sites for hydroxylation is 1. The Morgan fingerprint density at radius 1 is 1.39 bits per heavy atom. The van der Waals surface area contributed by atoms with Gasteiger partial charge in [-0.25, -0.2) is 4.39 Å². The summed E-state index contributed by atoms with van der Waals surface area (Å²) in [6.07, 6.45) is 5.83. The van der Waals surface area contributed by atoms with E-state index in [9.17, 15) is 9.18 Å². The third-order valence-electron chi connectivity index (χ3n) is 3.84. The van der Waals surface area contributed by atoms with E-state index in [0.717, 1.165) is 24.0 Å². The first-order valence-electron chi connectivity index (χ1n) is 7.90. The highest BCUT2D eigenvalue weighted by atomic mass is 19.1. The van der Waals surface area contributed by atoms with Crippen LogP contribution in [0.15, 0.2) is 36.7 Å². The Hall–Kier alpha value is -2.21. The van der Waals surface area contributed by atoms with Gasteiger partial charge < -0.3 is 10.6 Å². The number of nitrogens with one attached hydrogen (secondary N) is 2. The second-order valence-corrected chi connectivity index (χ2v) is 6.00. The van der Waals surface area contributed by atoms with Gasteiger partial charge in [0.25, 0.3) is 0 Å². The first kappa shape index (κ1) is 15.7. The number of hydrogen-bond donors (Lipinski definition) is 2. The number of carbonyl (C=O) groups excluding carboxylic acids is 1. The number of halogens is 1. The first-order chi connectivity index (χ1) is 11.1. The van der Waals surface area contributed by atoms with Crippen LogP contribution in [0.25, 0.3) is 0 Å². The second kappa shape index (κ2) is 6.91. The van der Waals surface area contributed by atoms with E-state index in [4.69, 9.17) is 0 Å². The lowest BCUT2D eigenvalue weighted by atomic mass is 10.1. The van der Waals surface area contributed by atoms with Gasteiger partial charge in [0, 0.05) is 18.8 Å². The van der Waals surface area contributed by atoms with Gasteiger partial charge in [-0.15, -0.1) is 0 Å². The van der Waals surface area contributed by atoms with Gasteiger partial charge in [0.1, 0.15) is 11.9 Å². The van der Waals surface area contributed by atoms with Gasteiger partial charge in [0.05, 0.1) is 12.7 Å². The molecule has 2 N–H and O–H groups in total. The Morgan fingerprint density at radius 2 is 2.13 bits per heavy atom. The minimum atomic E-state index is -0.479. The molecule has 1 aromatic heterocycles. The van der Waals surface area contributed by atoms with Crippen LogP contribution in [0.2, 0.25) is 0 Å². The predicted molar refractivity (Wildman–Crippen MR) is 85.3 cm³/mol. The molecule has 3 rings (SSSR count). The maximum Gasteiger partial charge on any atom is 0.241 e. The normalized spacial score (nSPS) is 15.4. The molecule has 1 saturated carbocycles. The molecule has 0 bridgehead atoms. The standard InChI is InChI=1S/C17H21FN4O/c1-12-10-20-22(11-12)9-8-19-16(17(23)21-15-6-7-15)13-2-4-14(18)5-3-13/h2-5,10-11,15-16,19H,6-9H2,1H3,(H,21,23)/t16-/m0/s1. The van der Waals surface area contributed by atoms with E-state index in [0.29, 0.717) is 19.1 Å². The number of benzene rings is 1. The van der Waals surface area contributed by atoms with Crippen molar-refractivity contribution in [3.63, 3.8) is 0 Å². The molecular formula is C17H21FN4O. The first-order valence-corrected chi connectivity index (χ1v) is 7.90. The van der Waals surface area contributed by atoms with Gasteiger partial charge in [-0.2, -0.15) is 5.10 Å². The highest BCUT2D eigenvalue weighted by molar-refractivity contribution is 5.83. The fraction of sp³-hybridized carbons (Fsp3) is 0.412. The van der Waals surface area contributed by atoms with Gasteiger partial charge in [-0.05, 0) is 43.0 Å². The summed E-state index contributed by atoms with van der Waals surface area (Å²) in [5.74, 6) is -0.363. The highest BCUT2D eigenvalue weighted by Gasteiger charge is 2.28. The van der Waals surface area contributed by atoms with Crippen LogP contribution < -0.4 is 10.6 Å². The van der Waals surface area contributed by atoms with Crippen molar-refractivity contribution in [3.05, 3.63) is 53.6 Å². The van der Waals surface area contributed by atoms with Crippen molar-refractivity contribution >= 4 is 5.91 Å². The number of hydrogen-bond acceptors (Lipinski definition) is 3. The van der Waals surface area contributed by atoms with Crippen molar-refractivity contribution in [1.82, 2.24) is 20.4 Å². The Bertz CT molecular complexity index is 663. The van der Waals surface area contributed by atoms with E-state index < -0.39 is 6.04 Å². The van der Waals surface area contributed by atoms with Crippen molar-refractivity contribution in [2.45, 2.75) is 38.4 Å². The quantitative estimate of drug-likeness (QED) is 0.821. The third kappa shape index (κ3) is 4.39. The summed E-state index contributed by atoms with van der Waals surface area (Å²) in [5.41, 5.74) is 1.87. The molecule has 0 radical (unpaired) electrons. The van der Waals surface area contributed by atoms with Crippen molar-refractivity contribution < 1.29 is 9.18 Å². The minimum Gasteiger partial charge on any atom is -0.352 e. The lowest BCUT2D eigenvalue weighted by Crippen LogP contribution is -2.39. The molecule has 2 aromatic rings. The molecule has 0 spiro atoms. The summed E-state index contributed by atoms with van der Waals surface area (Å²) < 4.78 is 15.0. The van der Waals surface area contributed by atoms with Crippen LogP contribution in [0.1, 0.15) is 30.0 Å². The minimum absolute atomic E-state index is 0.0595. The van der Waals surface area contributed by atoms with Crippen LogP contribution in [-0.4, -0.2) is 28.3 Å². The van der Waals surface area contributed by atoms with Crippen molar-refractivity contribution in [2.24, 2.45) is 0 Å². The zero-order valence-corrected chi connectivity index (χ0v) is 13.1. The number of carbonyl (C=O) groups is 1. The molecule has 0 aliphatic heterocycles. The Labute approximate surface area is 134 Å². The lowest BCUT2D eigenvalue weighted by Gasteiger charge is -2.19. The van der Waals surface area contributed by atoms with Gasteiger partial charge in [-0.1, -0.05) is 12.1 Å². The Kier molecular flexibility index (Phi) is 4.71. The van der Waals surface area contributed by atoms with Gasteiger partial charge >= 0.3 is 0 Å². The largest absolute Gasteiger partial charge is 0.352 e. The van der Waals surface area contributed by atoms with E-state index in [2.05, 4.69) is 15.7 Å². The third-order valence-corrected chi connectivity index (χ3v) is 3.84. The van der Waals surface area contributed by atoms with Crippen molar-refractivity contribution in [3.8, 4) is 0 Å². The molecule has 1 amide bonds. The molecule has 0 unspecified atom stereocenters. The van der Waals surface area contributed by atoms with Crippen LogP contribution in [0.5, 0.6) is 0 Å². The van der Waals surface area contributed by atoms with E-state index in [1.54, 1.807) is 18.3 Å². The zero-order chi connectivity index (χ0) is 16.2. The van der Waals surface area contributed by atoms with Crippen LogP contribution in [-0.2, 0) is 11.3 Å². The molecule has 1 heterocycles. The molecule has 23 heavy (non-hydrogen) atoms. The maximum atomic E-state index is 13.1. The Balaban J connectivity index is 1.63. The van der Waals surface area contributed by atoms with Crippen LogP contribution >= 0.6 is 0 Å². The fourth-order valence-corrected chi connectivity index (χ4v) is 2.44. The Morgan fingerprint density at radius 3 is 2.74 bits per heavy atom. The van der Waals surface area contributed by atoms with E-state index >= 15 is 0 Å². The number of rotatable bonds is 7. The second-order valence-electron chi connectivity index (χ2n) is 6.00. The van der Waals surface area contributed by atoms with Crippen LogP contribution in [0, 0.1) is 12.7 Å². The molecule has 1 aliphatic carbocycles. The average Bonchev–Trinajstić information content (AvgIpc) is 3.24. The summed E-state index contributed by atoms with van der Waals surface area (Å²) in [4.78, 5) is 12.4. The summed E-state index contributed by atoms with van der Waals surface area (Å²) in [5, 5.41) is 10.5. The van der Waals surface area contributed by atoms with Gasteiger partial charge in [0.15, 0.2) is 0 Å². The molecular weight excluding hydrogens is 295 g/mol. The number of amides is 1. The molecule has 6 heteroatoms. The van der Waals surface area contributed by atoms with Gasteiger partial charge in [0.2, 0.25) is 5.91 Å². The molecule has 1 fully saturated rings. The average molecular weight is 316 g/mol. The molecule has 1 aromatic carbocycles. The topological polar surface area (TPSA) is 59.0 Å². The van der Waals surface area contributed by atoms with Crippen molar-refractivity contribution in [1.29, 1.82) is 0 Å². The fourth-order valence-electron chi connectivity index (χ4n) is 2.44. The highest BCUT2D eigenvalue weighted by Crippen LogP contribution is 2.21. The lowest BCUT2D eigenvalue weighted by molar-refractivity contribution is -0.123. The van der Waals surface area contributed by atoms with Crippen LogP contribution in [0.4, 0.5) is 4.39 Å². The predicted octanol–water partition coefficient (Wildman–Crippen LogP) is 1.94. The summed E-state index contributed by atoms with van der Waals surface area (Å²) >= 11 is 0. The van der Waals surface area contributed by atoms with Crippen molar-refractivity contribution in [2.75, 3.05) is 6.54 Å². The number of aromatic nitrogens is 2. The molecule has 5 nitrogen and oxygen atoms in total. The summed E-state index contributed by atoms with van der Waals surface area (Å²) in [6.45, 7) is 3.25. The summed E-state index contributed by atoms with van der Waals surface area (Å²) in [7, 11) is 0. The van der Waals surface area contributed by atoms with Crippen LogP contribution in [0.3, 0.4) is 0 Å². The van der Waals surface area contributed by atoms with E-state index in [-0.39, 0.29) is 11.7 Å². The van der Waals surface area contributed by atoms with Gasteiger partial charge in [-0.3, -0.25) is 9.48 Å². The van der Waals surface area contributed by atoms with E-state index in [1.807, 2.05) is 17.8 Å². The maximum absolute atomic E-state index is 13.1. The molecule has 1 atom stereocenters. The van der Waals surface area contributed by atoms with E-state index in [1.165, 1.54) is 12.1 Å². The monoisotopic (exact) mass is 316 g/mol. The number of nitrogens with zero attached hydrogens (tertiary/aromatic N) is 2. The molecule has 1 aliphatic rings. The summed E-state index contributed by atoms with van der Waals surface area (Å²) in [6, 6.07) is 5.87.